The summed E-state index contributed by atoms with van der Waals surface area (Å²) in [7, 11) is 1.42. The average molecular weight is 342 g/mol. The first kappa shape index (κ1) is 17.0. The van der Waals surface area contributed by atoms with Gasteiger partial charge in [-0.1, -0.05) is 11.6 Å². The van der Waals surface area contributed by atoms with E-state index in [0.717, 1.165) is 12.1 Å². The van der Waals surface area contributed by atoms with Crippen LogP contribution in [0.1, 0.15) is 17.3 Å². The van der Waals surface area contributed by atoms with Crippen LogP contribution in [0, 0.1) is 11.6 Å². The number of carbonyl (C=O) groups is 1. The molecule has 1 amide bonds. The van der Waals surface area contributed by atoms with Gasteiger partial charge in [-0.15, -0.1) is 0 Å². The van der Waals surface area contributed by atoms with Gasteiger partial charge in [-0.3, -0.25) is 4.79 Å². The molecular formula is C16H14ClF2NO3. The highest BCUT2D eigenvalue weighted by Gasteiger charge is 2.16. The molecule has 0 saturated heterocycles. The van der Waals surface area contributed by atoms with Crippen molar-refractivity contribution in [1.82, 2.24) is 0 Å². The fraction of sp³-hybridized carbons (Fsp3) is 0.188. The van der Waals surface area contributed by atoms with Gasteiger partial charge in [0.05, 0.1) is 18.7 Å². The van der Waals surface area contributed by atoms with Crippen molar-refractivity contribution in [2.75, 3.05) is 19.0 Å². The average Bonchev–Trinajstić information content (AvgIpc) is 2.52. The number of anilines is 1. The Kier molecular flexibility index (Phi) is 5.39. The molecule has 1 N–H and O–H groups in total. The van der Waals surface area contributed by atoms with Gasteiger partial charge < -0.3 is 14.8 Å². The Bertz CT molecular complexity index is 738. The van der Waals surface area contributed by atoms with Crippen molar-refractivity contribution in [3.05, 3.63) is 52.6 Å². The Balaban J connectivity index is 2.28. The van der Waals surface area contributed by atoms with E-state index in [1.807, 2.05) is 0 Å². The topological polar surface area (TPSA) is 47.6 Å². The Morgan fingerprint density at radius 2 is 1.96 bits per heavy atom. The third kappa shape index (κ3) is 3.90. The second-order valence-electron chi connectivity index (χ2n) is 4.51. The van der Waals surface area contributed by atoms with Crippen molar-refractivity contribution in [1.29, 1.82) is 0 Å². The quantitative estimate of drug-likeness (QED) is 0.883. The molecule has 122 valence electrons. The number of methoxy groups -OCH3 is 1. The Morgan fingerprint density at radius 3 is 2.57 bits per heavy atom. The zero-order valence-electron chi connectivity index (χ0n) is 12.5. The minimum absolute atomic E-state index is 0.123. The fourth-order valence-electron chi connectivity index (χ4n) is 1.91. The van der Waals surface area contributed by atoms with Crippen LogP contribution in [0.5, 0.6) is 11.5 Å². The predicted molar refractivity (Wildman–Crippen MR) is 83.5 cm³/mol. The van der Waals surface area contributed by atoms with Crippen molar-refractivity contribution in [3.8, 4) is 11.5 Å². The van der Waals surface area contributed by atoms with Gasteiger partial charge in [0, 0.05) is 17.3 Å². The van der Waals surface area contributed by atoms with E-state index in [1.54, 1.807) is 6.92 Å². The van der Waals surface area contributed by atoms with Crippen LogP contribution < -0.4 is 14.8 Å². The summed E-state index contributed by atoms with van der Waals surface area (Å²) in [6, 6.07) is 5.93. The zero-order valence-corrected chi connectivity index (χ0v) is 13.2. The maximum absolute atomic E-state index is 13.2. The van der Waals surface area contributed by atoms with Crippen molar-refractivity contribution in [2.24, 2.45) is 0 Å². The van der Waals surface area contributed by atoms with Crippen LogP contribution in [0.25, 0.3) is 0 Å². The zero-order chi connectivity index (χ0) is 17.0. The SMILES string of the molecule is CCOc1c(Cl)cc(C(=O)Nc2ccc(F)c(F)c2)cc1OC. The number of halogens is 3. The van der Waals surface area contributed by atoms with Gasteiger partial charge in [0.1, 0.15) is 0 Å². The van der Waals surface area contributed by atoms with Gasteiger partial charge in [0.25, 0.3) is 5.91 Å². The molecule has 0 radical (unpaired) electrons. The lowest BCUT2D eigenvalue weighted by molar-refractivity contribution is 0.102. The molecule has 2 aromatic rings. The minimum atomic E-state index is -1.05. The first-order valence-corrected chi connectivity index (χ1v) is 7.10. The Morgan fingerprint density at radius 1 is 1.22 bits per heavy atom. The summed E-state index contributed by atoms with van der Waals surface area (Å²) in [5.74, 6) is -1.95. The Labute approximate surface area is 137 Å². The highest BCUT2D eigenvalue weighted by Crippen LogP contribution is 2.36. The molecule has 0 saturated carbocycles. The summed E-state index contributed by atoms with van der Waals surface area (Å²) in [5.41, 5.74) is 0.318. The van der Waals surface area contributed by atoms with Crippen LogP contribution >= 0.6 is 11.6 Å². The maximum Gasteiger partial charge on any atom is 0.255 e. The predicted octanol–water partition coefficient (Wildman–Crippen LogP) is 4.28. The molecule has 7 heteroatoms. The molecule has 2 rings (SSSR count). The monoisotopic (exact) mass is 341 g/mol. The molecule has 4 nitrogen and oxygen atoms in total. The van der Waals surface area contributed by atoms with Crippen LogP contribution in [0.2, 0.25) is 5.02 Å². The van der Waals surface area contributed by atoms with E-state index >= 15 is 0 Å². The lowest BCUT2D eigenvalue weighted by atomic mass is 10.1. The molecule has 0 atom stereocenters. The van der Waals surface area contributed by atoms with Gasteiger partial charge in [-0.05, 0) is 31.2 Å². The number of ether oxygens (including phenoxy) is 2. The summed E-state index contributed by atoms with van der Waals surface area (Å²) in [6.07, 6.45) is 0. The third-order valence-corrected chi connectivity index (χ3v) is 3.24. The molecular weight excluding hydrogens is 328 g/mol. The lowest BCUT2D eigenvalue weighted by Crippen LogP contribution is -2.12. The molecule has 0 unspecified atom stereocenters. The second-order valence-corrected chi connectivity index (χ2v) is 4.91. The number of hydrogen-bond donors (Lipinski definition) is 1. The number of rotatable bonds is 5. The van der Waals surface area contributed by atoms with Crippen LogP contribution in [-0.2, 0) is 0 Å². The van der Waals surface area contributed by atoms with E-state index in [4.69, 9.17) is 21.1 Å². The highest BCUT2D eigenvalue weighted by atomic mass is 35.5. The molecule has 0 aliphatic rings. The molecule has 0 aromatic heterocycles. The normalized spacial score (nSPS) is 10.3. The number of amides is 1. The lowest BCUT2D eigenvalue weighted by Gasteiger charge is -2.13. The summed E-state index contributed by atoms with van der Waals surface area (Å²) in [6.45, 7) is 2.18. The van der Waals surface area contributed by atoms with Gasteiger partial charge >= 0.3 is 0 Å². The number of benzene rings is 2. The number of hydrogen-bond acceptors (Lipinski definition) is 3. The highest BCUT2D eigenvalue weighted by molar-refractivity contribution is 6.32. The second kappa shape index (κ2) is 7.28. The first-order chi connectivity index (χ1) is 11.0. The first-order valence-electron chi connectivity index (χ1n) is 6.73. The van der Waals surface area contributed by atoms with E-state index in [9.17, 15) is 13.6 Å². The standard InChI is InChI=1S/C16H14ClF2NO3/c1-3-23-15-11(17)6-9(7-14(15)22-2)16(21)20-10-4-5-12(18)13(19)8-10/h4-8H,3H2,1-2H3,(H,20,21). The fourth-order valence-corrected chi connectivity index (χ4v) is 2.18. The van der Waals surface area contributed by atoms with Gasteiger partial charge in [0.15, 0.2) is 23.1 Å². The molecule has 0 fully saturated rings. The molecule has 23 heavy (non-hydrogen) atoms. The van der Waals surface area contributed by atoms with Crippen molar-refractivity contribution in [2.45, 2.75) is 6.92 Å². The van der Waals surface area contributed by atoms with E-state index in [-0.39, 0.29) is 16.3 Å². The minimum Gasteiger partial charge on any atom is -0.493 e. The van der Waals surface area contributed by atoms with E-state index in [0.29, 0.717) is 18.1 Å². The summed E-state index contributed by atoms with van der Waals surface area (Å²) >= 11 is 6.09. The molecule has 0 aliphatic carbocycles. The summed E-state index contributed by atoms with van der Waals surface area (Å²) in [4.78, 5) is 12.2. The van der Waals surface area contributed by atoms with Crippen LogP contribution in [-0.4, -0.2) is 19.6 Å². The van der Waals surface area contributed by atoms with Crippen molar-refractivity contribution < 1.29 is 23.0 Å². The van der Waals surface area contributed by atoms with Gasteiger partial charge in [-0.2, -0.15) is 0 Å². The molecule has 0 aliphatic heterocycles. The smallest absolute Gasteiger partial charge is 0.255 e. The van der Waals surface area contributed by atoms with Crippen molar-refractivity contribution >= 4 is 23.2 Å². The van der Waals surface area contributed by atoms with Crippen molar-refractivity contribution in [3.63, 3.8) is 0 Å². The maximum atomic E-state index is 13.2. The van der Waals surface area contributed by atoms with Crippen LogP contribution in [0.4, 0.5) is 14.5 Å². The van der Waals surface area contributed by atoms with E-state index in [2.05, 4.69) is 5.32 Å². The molecule has 0 heterocycles. The van der Waals surface area contributed by atoms with E-state index in [1.165, 1.54) is 25.3 Å². The third-order valence-electron chi connectivity index (χ3n) is 2.96. The van der Waals surface area contributed by atoms with Crippen LogP contribution in [0.3, 0.4) is 0 Å². The van der Waals surface area contributed by atoms with E-state index < -0.39 is 17.5 Å². The molecule has 2 aromatic carbocycles. The van der Waals surface area contributed by atoms with Gasteiger partial charge in [0.2, 0.25) is 0 Å². The number of carbonyl (C=O) groups excluding carboxylic acids is 1. The summed E-state index contributed by atoms with van der Waals surface area (Å²) in [5, 5.41) is 2.67. The summed E-state index contributed by atoms with van der Waals surface area (Å²) < 4.78 is 36.6. The van der Waals surface area contributed by atoms with Crippen LogP contribution in [0.15, 0.2) is 30.3 Å². The van der Waals surface area contributed by atoms with Gasteiger partial charge in [-0.25, -0.2) is 8.78 Å². The number of nitrogens with one attached hydrogen (secondary N) is 1. The largest absolute Gasteiger partial charge is 0.493 e. The Hall–Kier alpha value is -2.34. The molecule has 0 spiro atoms. The molecule has 0 bridgehead atoms.